The van der Waals surface area contributed by atoms with Gasteiger partial charge < -0.3 is 5.32 Å². The summed E-state index contributed by atoms with van der Waals surface area (Å²) >= 11 is 3.08. The lowest BCUT2D eigenvalue weighted by molar-refractivity contribution is -0.113. The molecule has 5 rings (SSSR count). The lowest BCUT2D eigenvalue weighted by Crippen LogP contribution is -2.29. The first-order chi connectivity index (χ1) is 16.5. The number of fused-ring (bicyclic) bond motifs is 3. The number of amides is 1. The summed E-state index contributed by atoms with van der Waals surface area (Å²) in [5.41, 5.74) is 4.76. The van der Waals surface area contributed by atoms with Crippen LogP contribution in [0.4, 0.5) is 5.69 Å². The molecule has 1 saturated carbocycles. The zero-order chi connectivity index (χ0) is 23.7. The van der Waals surface area contributed by atoms with Gasteiger partial charge in [-0.15, -0.1) is 11.8 Å². The van der Waals surface area contributed by atoms with Gasteiger partial charge >= 0.3 is 0 Å². The summed E-state index contributed by atoms with van der Waals surface area (Å²) in [5, 5.41) is 4.88. The minimum atomic E-state index is -0.108. The average molecular weight is 492 g/mol. The second-order valence-electron chi connectivity index (χ2n) is 8.97. The van der Waals surface area contributed by atoms with Gasteiger partial charge in [-0.3, -0.25) is 14.2 Å². The number of nitrogens with zero attached hydrogens (tertiary/aromatic N) is 2. The number of carbonyl (C=O) groups is 1. The highest BCUT2D eigenvalue weighted by Gasteiger charge is 2.39. The van der Waals surface area contributed by atoms with E-state index >= 15 is 0 Å². The fourth-order valence-electron chi connectivity index (χ4n) is 4.85. The third-order valence-electron chi connectivity index (χ3n) is 6.74. The van der Waals surface area contributed by atoms with Crippen LogP contribution in [0.1, 0.15) is 55.2 Å². The van der Waals surface area contributed by atoms with E-state index in [0.717, 1.165) is 46.8 Å². The smallest absolute Gasteiger partial charge is 0.263 e. The first kappa shape index (κ1) is 23.2. The Kier molecular flexibility index (Phi) is 6.84. The maximum atomic E-state index is 13.9. The van der Waals surface area contributed by atoms with Gasteiger partial charge in [-0.2, -0.15) is 0 Å². The van der Waals surface area contributed by atoms with Crippen LogP contribution in [0.3, 0.4) is 0 Å². The number of para-hydroxylation sites is 1. The van der Waals surface area contributed by atoms with E-state index in [2.05, 4.69) is 24.4 Å². The minimum Gasteiger partial charge on any atom is -0.325 e. The van der Waals surface area contributed by atoms with E-state index in [1.165, 1.54) is 30.2 Å². The van der Waals surface area contributed by atoms with Crippen molar-refractivity contribution in [3.8, 4) is 5.69 Å². The maximum absolute atomic E-state index is 13.9. The van der Waals surface area contributed by atoms with Crippen molar-refractivity contribution >= 4 is 35.1 Å². The molecule has 2 atom stereocenters. The van der Waals surface area contributed by atoms with Crippen LogP contribution in [0.25, 0.3) is 5.69 Å². The summed E-state index contributed by atoms with van der Waals surface area (Å²) in [6.45, 7) is 4.09. The summed E-state index contributed by atoms with van der Waals surface area (Å²) in [4.78, 5) is 31.6. The van der Waals surface area contributed by atoms with Crippen LogP contribution in [-0.4, -0.2) is 26.5 Å². The van der Waals surface area contributed by atoms with Crippen LogP contribution in [0.5, 0.6) is 0 Å². The zero-order valence-corrected chi connectivity index (χ0v) is 21.2. The van der Waals surface area contributed by atoms with Crippen LogP contribution in [-0.2, 0) is 11.2 Å². The van der Waals surface area contributed by atoms with E-state index in [1.54, 1.807) is 16.3 Å². The number of hydrogen-bond donors (Lipinski definition) is 1. The summed E-state index contributed by atoms with van der Waals surface area (Å²) in [6, 6.07) is 15.8. The molecule has 1 aromatic heterocycles. The molecule has 2 aliphatic rings. The van der Waals surface area contributed by atoms with E-state index in [0.29, 0.717) is 16.3 Å². The molecule has 2 aromatic carbocycles. The van der Waals surface area contributed by atoms with Crippen LogP contribution < -0.4 is 10.9 Å². The standard InChI is InChI=1S/C27H29N3O2S2/c1-3-18-12-14-19(15-13-18)30-26(32)24-20-9-5-7-11-22(20)34-25(24)29-27(30)33-16-23(31)28-21-10-6-4-8-17(21)2/h4,6,8,10,12-15,20,22H,3,5,7,9,11,16H2,1-2H3,(H,28,31)/t20-,22-/m1/s1. The normalized spacial score (nSPS) is 18.9. The van der Waals surface area contributed by atoms with Gasteiger partial charge in [0.2, 0.25) is 5.91 Å². The van der Waals surface area contributed by atoms with Gasteiger partial charge in [0.25, 0.3) is 5.56 Å². The zero-order valence-electron chi connectivity index (χ0n) is 19.5. The van der Waals surface area contributed by atoms with Gasteiger partial charge in [-0.05, 0) is 55.5 Å². The third-order valence-corrected chi connectivity index (χ3v) is 9.08. The van der Waals surface area contributed by atoms with E-state index in [9.17, 15) is 9.59 Å². The Morgan fingerprint density at radius 3 is 2.68 bits per heavy atom. The van der Waals surface area contributed by atoms with Crippen molar-refractivity contribution < 1.29 is 4.79 Å². The molecule has 0 radical (unpaired) electrons. The fourth-order valence-corrected chi connectivity index (χ4v) is 7.23. The largest absolute Gasteiger partial charge is 0.325 e. The molecule has 7 heteroatoms. The van der Waals surface area contributed by atoms with Gasteiger partial charge in [0.05, 0.1) is 17.0 Å². The minimum absolute atomic E-state index is 0.0259. The highest BCUT2D eigenvalue weighted by molar-refractivity contribution is 8.00. The van der Waals surface area contributed by atoms with Crippen molar-refractivity contribution in [1.82, 2.24) is 9.55 Å². The van der Waals surface area contributed by atoms with Crippen molar-refractivity contribution in [1.29, 1.82) is 0 Å². The first-order valence-corrected chi connectivity index (χ1v) is 13.8. The van der Waals surface area contributed by atoms with E-state index in [4.69, 9.17) is 4.98 Å². The second kappa shape index (κ2) is 10.0. The van der Waals surface area contributed by atoms with E-state index in [1.807, 2.05) is 43.3 Å². The van der Waals surface area contributed by atoms with E-state index in [-0.39, 0.29) is 17.2 Å². The Morgan fingerprint density at radius 1 is 1.15 bits per heavy atom. The molecule has 176 valence electrons. The molecule has 2 heterocycles. The predicted octanol–water partition coefficient (Wildman–Crippen LogP) is 5.97. The summed E-state index contributed by atoms with van der Waals surface area (Å²) in [6.07, 6.45) is 5.52. The van der Waals surface area contributed by atoms with Gasteiger partial charge in [-0.1, -0.05) is 61.9 Å². The van der Waals surface area contributed by atoms with Crippen molar-refractivity contribution in [3.63, 3.8) is 0 Å². The molecule has 0 saturated heterocycles. The molecule has 0 bridgehead atoms. The summed E-state index contributed by atoms with van der Waals surface area (Å²) in [5.74, 6) is 0.367. The molecule has 0 spiro atoms. The fraction of sp³-hybridized carbons (Fsp3) is 0.370. The SMILES string of the molecule is CCc1ccc(-n2c(SCC(=O)Nc3ccccc3C)nc3c(c2=O)[C@@H]2CCCC[C@H]2S3)cc1. The molecule has 5 nitrogen and oxygen atoms in total. The van der Waals surface area contributed by atoms with Gasteiger partial charge in [0.1, 0.15) is 5.03 Å². The van der Waals surface area contributed by atoms with Crippen LogP contribution in [0.15, 0.2) is 63.5 Å². The highest BCUT2D eigenvalue weighted by Crippen LogP contribution is 2.50. The lowest BCUT2D eigenvalue weighted by atomic mass is 9.85. The Balaban J connectivity index is 1.48. The number of aryl methyl sites for hydroxylation is 2. The number of hydrogen-bond acceptors (Lipinski definition) is 5. The van der Waals surface area contributed by atoms with Crippen molar-refractivity contribution in [2.24, 2.45) is 0 Å². The molecule has 34 heavy (non-hydrogen) atoms. The van der Waals surface area contributed by atoms with E-state index < -0.39 is 0 Å². The molecule has 0 unspecified atom stereocenters. The number of benzene rings is 2. The summed E-state index contributed by atoms with van der Waals surface area (Å²) in [7, 11) is 0. The monoisotopic (exact) mass is 491 g/mol. The molecule has 1 fully saturated rings. The number of carbonyl (C=O) groups excluding carboxylic acids is 1. The Morgan fingerprint density at radius 2 is 1.91 bits per heavy atom. The van der Waals surface area contributed by atoms with Crippen LogP contribution in [0, 0.1) is 6.92 Å². The number of aromatic nitrogens is 2. The molecule has 3 aromatic rings. The quantitative estimate of drug-likeness (QED) is 0.262. The maximum Gasteiger partial charge on any atom is 0.263 e. The lowest BCUT2D eigenvalue weighted by Gasteiger charge is -2.24. The first-order valence-electron chi connectivity index (χ1n) is 12.0. The Labute approximate surface area is 208 Å². The Bertz CT molecular complexity index is 1270. The van der Waals surface area contributed by atoms with Crippen molar-refractivity contribution in [2.45, 2.75) is 67.3 Å². The predicted molar refractivity (Wildman–Crippen MR) is 141 cm³/mol. The highest BCUT2D eigenvalue weighted by atomic mass is 32.2. The molecule has 1 aliphatic heterocycles. The van der Waals surface area contributed by atoms with Gasteiger partial charge in [-0.25, -0.2) is 4.98 Å². The van der Waals surface area contributed by atoms with Gasteiger partial charge in [0.15, 0.2) is 5.16 Å². The molecular formula is C27H29N3O2S2. The van der Waals surface area contributed by atoms with Crippen molar-refractivity contribution in [3.05, 3.63) is 75.6 Å². The van der Waals surface area contributed by atoms with Crippen LogP contribution >= 0.6 is 23.5 Å². The molecule has 1 N–H and O–H groups in total. The second-order valence-corrected chi connectivity index (χ2v) is 11.1. The summed E-state index contributed by atoms with van der Waals surface area (Å²) < 4.78 is 1.72. The van der Waals surface area contributed by atoms with Gasteiger partial charge in [0, 0.05) is 16.9 Å². The van der Waals surface area contributed by atoms with Crippen LogP contribution in [0.2, 0.25) is 0 Å². The molecular weight excluding hydrogens is 462 g/mol. The average Bonchev–Trinajstić information content (AvgIpc) is 3.23. The van der Waals surface area contributed by atoms with Crippen molar-refractivity contribution in [2.75, 3.05) is 11.1 Å². The third kappa shape index (κ3) is 4.56. The number of anilines is 1. The number of thioether (sulfide) groups is 2. The number of rotatable bonds is 6. The Hall–Kier alpha value is -2.51. The molecule has 1 aliphatic carbocycles. The molecule has 1 amide bonds. The topological polar surface area (TPSA) is 64.0 Å². The number of nitrogens with one attached hydrogen (secondary N) is 1.